The summed E-state index contributed by atoms with van der Waals surface area (Å²) < 4.78 is 40.9. The van der Waals surface area contributed by atoms with Crippen LogP contribution in [-0.4, -0.2) is 71.3 Å². The molecule has 12 nitrogen and oxygen atoms in total. The van der Waals surface area contributed by atoms with Crippen molar-refractivity contribution >= 4 is 45.2 Å². The maximum absolute atomic E-state index is 13.2. The van der Waals surface area contributed by atoms with Gasteiger partial charge in [-0.2, -0.15) is 4.98 Å². The number of esters is 1. The van der Waals surface area contributed by atoms with E-state index in [2.05, 4.69) is 26.2 Å². The number of ether oxygens (including phenoxy) is 2. The second-order valence-corrected chi connectivity index (χ2v) is 13.8. The molecular weight excluding hydrogens is 572 g/mol. The van der Waals surface area contributed by atoms with Crippen LogP contribution in [-0.2, 0) is 31.0 Å². The van der Waals surface area contributed by atoms with E-state index in [9.17, 15) is 18.0 Å². The summed E-state index contributed by atoms with van der Waals surface area (Å²) in [5.74, 6) is 0.704. The maximum Gasteiger partial charge on any atom is 0.408 e. The largest absolute Gasteiger partial charge is 0.444 e. The number of benzene rings is 1. The third kappa shape index (κ3) is 8.83. The molecule has 1 fully saturated rings. The van der Waals surface area contributed by atoms with E-state index in [1.165, 1.54) is 13.4 Å². The Morgan fingerprint density at radius 1 is 1.12 bits per heavy atom. The number of aromatic nitrogens is 3. The highest BCUT2D eigenvalue weighted by atomic mass is 32.2. The number of nitrogens with one attached hydrogen (secondary N) is 2. The normalized spacial score (nSPS) is 18.7. The lowest BCUT2D eigenvalue weighted by Crippen LogP contribution is -2.38. The van der Waals surface area contributed by atoms with Crippen molar-refractivity contribution in [3.8, 4) is 0 Å². The zero-order valence-electron chi connectivity index (χ0n) is 25.3. The monoisotopic (exact) mass is 613 g/mol. The van der Waals surface area contributed by atoms with Gasteiger partial charge in [-0.15, -0.1) is 0 Å². The summed E-state index contributed by atoms with van der Waals surface area (Å²) in [6, 6.07) is 9.65. The highest BCUT2D eigenvalue weighted by Crippen LogP contribution is 2.30. The van der Waals surface area contributed by atoms with Crippen LogP contribution in [0.2, 0.25) is 0 Å². The molecule has 2 heterocycles. The van der Waals surface area contributed by atoms with Crippen molar-refractivity contribution in [1.29, 1.82) is 0 Å². The molecule has 13 heteroatoms. The van der Waals surface area contributed by atoms with Crippen molar-refractivity contribution in [2.45, 2.75) is 64.8 Å². The number of carbonyl (C=O) groups excluding carboxylic acids is 2. The zero-order chi connectivity index (χ0) is 31.2. The molecule has 2 N–H and O–H groups in total. The smallest absolute Gasteiger partial charge is 0.408 e. The molecule has 0 saturated heterocycles. The van der Waals surface area contributed by atoms with Gasteiger partial charge in [0.25, 0.3) is 0 Å². The molecule has 0 spiro atoms. The van der Waals surface area contributed by atoms with E-state index in [1.807, 2.05) is 23.8 Å². The van der Waals surface area contributed by atoms with Gasteiger partial charge in [0.2, 0.25) is 16.4 Å². The van der Waals surface area contributed by atoms with E-state index >= 15 is 0 Å². The van der Waals surface area contributed by atoms with Gasteiger partial charge in [0, 0.05) is 12.1 Å². The molecule has 1 aliphatic carbocycles. The zero-order valence-corrected chi connectivity index (χ0v) is 26.1. The highest BCUT2D eigenvalue weighted by molar-refractivity contribution is 7.89. The summed E-state index contributed by atoms with van der Waals surface area (Å²) >= 11 is 0. The molecule has 1 aliphatic rings. The lowest BCUT2D eigenvalue weighted by atomic mass is 9.83. The van der Waals surface area contributed by atoms with Crippen LogP contribution in [0.25, 0.3) is 11.0 Å². The number of amides is 1. The molecule has 4 rings (SSSR count). The third-order valence-corrected chi connectivity index (χ3v) is 8.87. The number of hydrogen-bond donors (Lipinski definition) is 2. The molecule has 0 radical (unpaired) electrons. The first-order chi connectivity index (χ1) is 20.3. The fourth-order valence-electron chi connectivity index (χ4n) is 5.23. The quantitative estimate of drug-likeness (QED) is 0.199. The van der Waals surface area contributed by atoms with Crippen LogP contribution in [0.4, 0.5) is 10.6 Å². The second-order valence-electron chi connectivity index (χ2n) is 11.8. The Morgan fingerprint density at radius 3 is 2.47 bits per heavy atom. The molecular formula is C30H41N6O6S+. The first-order valence-electron chi connectivity index (χ1n) is 14.3. The minimum Gasteiger partial charge on any atom is -0.444 e. The Labute approximate surface area is 252 Å². The Kier molecular flexibility index (Phi) is 10.2. The molecule has 1 amide bonds. The predicted molar refractivity (Wildman–Crippen MR) is 162 cm³/mol. The van der Waals surface area contributed by atoms with E-state index in [0.29, 0.717) is 22.9 Å². The third-order valence-electron chi connectivity index (χ3n) is 7.34. The predicted octanol–water partition coefficient (Wildman–Crippen LogP) is 3.90. The summed E-state index contributed by atoms with van der Waals surface area (Å²) in [6.07, 6.45) is 8.16. The molecule has 0 bridgehead atoms. The standard InChI is InChI=1S/C30H40N6O6S/c1-30(2,3)42-29(38)34-25(23-9-7-6-8-10-23)28(37)41-20-36-16-15-24-26(32-19-33-27(24)36)35(5)17-21-11-13-22(14-12-21)18-43(39,40)31-4/h6-10,15-17,19,21-22,25,31H,11-14,18,20H2,1-5H3/p+1/b35-17-/t21?,22?,25-/m0/s1. The van der Waals surface area contributed by atoms with Crippen molar-refractivity contribution in [1.82, 2.24) is 24.6 Å². The lowest BCUT2D eigenvalue weighted by molar-refractivity contribution is -0.405. The number of sulfonamides is 1. The Bertz CT molecular complexity index is 1560. The number of carbonyl (C=O) groups is 2. The van der Waals surface area contributed by atoms with Crippen LogP contribution in [0.1, 0.15) is 58.1 Å². The summed E-state index contributed by atoms with van der Waals surface area (Å²) in [7, 11) is 0.176. The second kappa shape index (κ2) is 13.6. The van der Waals surface area contributed by atoms with Crippen molar-refractivity contribution in [2.24, 2.45) is 11.8 Å². The Balaban J connectivity index is 1.44. The van der Waals surface area contributed by atoms with Gasteiger partial charge in [0.15, 0.2) is 18.4 Å². The van der Waals surface area contributed by atoms with Gasteiger partial charge < -0.3 is 14.8 Å². The van der Waals surface area contributed by atoms with E-state index < -0.39 is 33.7 Å². The van der Waals surface area contributed by atoms with Crippen LogP contribution >= 0.6 is 0 Å². The fourth-order valence-corrected chi connectivity index (χ4v) is 6.35. The highest BCUT2D eigenvalue weighted by Gasteiger charge is 2.28. The number of nitrogens with zero attached hydrogens (tertiary/aromatic N) is 4. The molecule has 0 unspecified atom stereocenters. The minimum absolute atomic E-state index is 0.120. The average molecular weight is 614 g/mol. The van der Waals surface area contributed by atoms with Crippen molar-refractivity contribution < 1.29 is 32.1 Å². The summed E-state index contributed by atoms with van der Waals surface area (Å²) in [5, 5.41) is 3.41. The van der Waals surface area contributed by atoms with Gasteiger partial charge in [-0.3, -0.25) is 4.57 Å². The van der Waals surface area contributed by atoms with Gasteiger partial charge in [-0.1, -0.05) is 30.3 Å². The molecule has 3 aromatic rings. The maximum atomic E-state index is 13.2. The SMILES string of the molecule is CNS(=O)(=O)CC1CCC(/C=[N+](/C)c2ncnc3c2ccn3COC(=O)[C@@H](NC(=O)OC(C)(C)C)c2ccccc2)CC1. The molecule has 232 valence electrons. The summed E-state index contributed by atoms with van der Waals surface area (Å²) in [5.41, 5.74) is 0.432. The first-order valence-corrected chi connectivity index (χ1v) is 16.0. The molecule has 1 saturated carbocycles. The van der Waals surface area contributed by atoms with Gasteiger partial charge in [0.1, 0.15) is 11.0 Å². The number of hydrogen-bond acceptors (Lipinski definition) is 8. The molecule has 43 heavy (non-hydrogen) atoms. The van der Waals surface area contributed by atoms with E-state index in [1.54, 1.807) is 55.8 Å². The van der Waals surface area contributed by atoms with Gasteiger partial charge in [0.05, 0.1) is 19.0 Å². The Hall–Kier alpha value is -3.84. The van der Waals surface area contributed by atoms with Crippen LogP contribution in [0.3, 0.4) is 0 Å². The molecule has 0 aliphatic heterocycles. The van der Waals surface area contributed by atoms with Crippen molar-refractivity contribution in [3.05, 3.63) is 54.5 Å². The number of rotatable bonds is 10. The first kappa shape index (κ1) is 32.1. The number of alkyl carbamates (subject to hydrolysis) is 1. The Morgan fingerprint density at radius 2 is 1.81 bits per heavy atom. The van der Waals surface area contributed by atoms with Crippen LogP contribution in [0, 0.1) is 11.8 Å². The summed E-state index contributed by atoms with van der Waals surface area (Å²) in [6.45, 7) is 5.12. The van der Waals surface area contributed by atoms with Gasteiger partial charge >= 0.3 is 17.9 Å². The van der Waals surface area contributed by atoms with Crippen molar-refractivity contribution in [2.75, 3.05) is 19.8 Å². The van der Waals surface area contributed by atoms with Gasteiger partial charge in [-0.25, -0.2) is 27.3 Å². The number of fused-ring (bicyclic) bond motifs is 1. The van der Waals surface area contributed by atoms with E-state index in [4.69, 9.17) is 9.47 Å². The summed E-state index contributed by atoms with van der Waals surface area (Å²) in [4.78, 5) is 34.6. The average Bonchev–Trinajstić information content (AvgIpc) is 3.38. The van der Waals surface area contributed by atoms with E-state index in [-0.39, 0.29) is 18.4 Å². The topological polar surface area (TPSA) is 145 Å². The van der Waals surface area contributed by atoms with Crippen LogP contribution in [0.15, 0.2) is 48.9 Å². The molecule has 1 aromatic carbocycles. The van der Waals surface area contributed by atoms with Crippen LogP contribution < -0.4 is 10.0 Å². The minimum atomic E-state index is -3.21. The van der Waals surface area contributed by atoms with Crippen molar-refractivity contribution in [3.63, 3.8) is 0 Å². The van der Waals surface area contributed by atoms with Gasteiger partial charge in [-0.05, 0) is 76.0 Å². The van der Waals surface area contributed by atoms with Crippen LogP contribution in [0.5, 0.6) is 0 Å². The fraction of sp³-hybridized carbons (Fsp3) is 0.500. The van der Waals surface area contributed by atoms with E-state index in [0.717, 1.165) is 31.1 Å². The molecule has 2 aromatic heterocycles. The molecule has 1 atom stereocenters. The lowest BCUT2D eigenvalue weighted by Gasteiger charge is -2.25.